The van der Waals surface area contributed by atoms with Crippen molar-refractivity contribution in [3.63, 3.8) is 0 Å². The van der Waals surface area contributed by atoms with Crippen LogP contribution < -0.4 is 9.64 Å². The smallest absolute Gasteiger partial charge is 0.354 e. The maximum Gasteiger partial charge on any atom is 0.354 e. The summed E-state index contributed by atoms with van der Waals surface area (Å²) in [6, 6.07) is 16.5. The van der Waals surface area contributed by atoms with Gasteiger partial charge in [0.15, 0.2) is 0 Å². The van der Waals surface area contributed by atoms with Crippen LogP contribution in [0.4, 0.5) is 5.69 Å². The fraction of sp³-hybridized carbons (Fsp3) is 0.282. The molecule has 3 aromatic carbocycles. The number of carbonyl (C=O) groups is 2. The number of fused-ring (bicyclic) bond motifs is 4. The van der Waals surface area contributed by atoms with Crippen LogP contribution in [-0.4, -0.2) is 49.5 Å². The summed E-state index contributed by atoms with van der Waals surface area (Å²) in [6.45, 7) is 10.9. The molecule has 1 N–H and O–H groups in total. The average Bonchev–Trinajstić information content (AvgIpc) is 3.55. The van der Waals surface area contributed by atoms with E-state index in [0.29, 0.717) is 47.9 Å². The van der Waals surface area contributed by atoms with E-state index in [1.54, 1.807) is 17.0 Å². The molecule has 9 nitrogen and oxygen atoms in total. The van der Waals surface area contributed by atoms with Gasteiger partial charge in [0.25, 0.3) is 5.91 Å². The van der Waals surface area contributed by atoms with E-state index in [9.17, 15) is 14.7 Å². The Kier molecular flexibility index (Phi) is 8.60. The van der Waals surface area contributed by atoms with Crippen molar-refractivity contribution in [2.45, 2.75) is 53.5 Å². The first-order chi connectivity index (χ1) is 23.8. The predicted molar refractivity (Wildman–Crippen MR) is 198 cm³/mol. The van der Waals surface area contributed by atoms with Crippen LogP contribution in [-0.2, 0) is 13.5 Å². The number of amides is 1. The molecule has 0 radical (unpaired) electrons. The molecule has 11 heteroatoms. The van der Waals surface area contributed by atoms with Gasteiger partial charge in [-0.3, -0.25) is 9.48 Å². The number of hydrogen-bond acceptors (Lipinski definition) is 5. The molecule has 6 aromatic rings. The van der Waals surface area contributed by atoms with Gasteiger partial charge >= 0.3 is 5.97 Å². The van der Waals surface area contributed by atoms with Gasteiger partial charge < -0.3 is 19.3 Å². The number of aromatic nitrogens is 4. The van der Waals surface area contributed by atoms with E-state index in [4.69, 9.17) is 33.0 Å². The molecule has 1 amide bonds. The van der Waals surface area contributed by atoms with Crippen molar-refractivity contribution in [1.82, 2.24) is 19.3 Å². The van der Waals surface area contributed by atoms with Gasteiger partial charge in [-0.15, -0.1) is 0 Å². The second-order valence-corrected chi connectivity index (χ2v) is 13.9. The fourth-order valence-electron chi connectivity index (χ4n) is 7.34. The number of halogens is 2. The molecule has 3 aromatic heterocycles. The van der Waals surface area contributed by atoms with Gasteiger partial charge in [0.1, 0.15) is 17.1 Å². The summed E-state index contributed by atoms with van der Waals surface area (Å²) in [6.07, 6.45) is 1.25. The zero-order valence-electron chi connectivity index (χ0n) is 28.8. The van der Waals surface area contributed by atoms with Gasteiger partial charge in [0, 0.05) is 57.9 Å². The topological polar surface area (TPSA) is 102 Å². The van der Waals surface area contributed by atoms with Crippen molar-refractivity contribution in [2.75, 3.05) is 18.1 Å². The average molecular weight is 711 g/mol. The number of carbonyl (C=O) groups excluding carboxylic acids is 1. The summed E-state index contributed by atoms with van der Waals surface area (Å²) < 4.78 is 10.2. The summed E-state index contributed by atoms with van der Waals surface area (Å²) in [7, 11) is 1.92. The minimum atomic E-state index is -1.10. The van der Waals surface area contributed by atoms with Crippen LogP contribution in [0.1, 0.15) is 68.4 Å². The Morgan fingerprint density at radius 1 is 1.00 bits per heavy atom. The van der Waals surface area contributed by atoms with Crippen molar-refractivity contribution < 1.29 is 19.4 Å². The molecule has 1 aliphatic heterocycles. The Morgan fingerprint density at radius 2 is 1.72 bits per heavy atom. The minimum absolute atomic E-state index is 0.0491. The molecule has 0 saturated heterocycles. The normalized spacial score (nSPS) is 14.5. The van der Waals surface area contributed by atoms with E-state index in [2.05, 4.69) is 16.5 Å². The number of carboxylic acid groups (broad SMARTS) is 1. The number of aryl methyl sites for hydroxylation is 5. The number of anilines is 1. The first kappa shape index (κ1) is 33.6. The number of ether oxygens (including phenoxy) is 1. The van der Waals surface area contributed by atoms with Crippen molar-refractivity contribution in [1.29, 1.82) is 0 Å². The minimum Gasteiger partial charge on any atom is -0.494 e. The highest BCUT2D eigenvalue weighted by molar-refractivity contribution is 6.35. The number of aromatic carboxylic acids is 1. The lowest BCUT2D eigenvalue weighted by molar-refractivity contribution is 0.0690. The predicted octanol–water partition coefficient (Wildman–Crippen LogP) is 9.06. The summed E-state index contributed by atoms with van der Waals surface area (Å²) in [5.74, 6) is -0.487. The quantitative estimate of drug-likeness (QED) is 0.158. The highest BCUT2D eigenvalue weighted by Gasteiger charge is 2.37. The zero-order valence-corrected chi connectivity index (χ0v) is 30.3. The first-order valence-electron chi connectivity index (χ1n) is 16.6. The Hall–Kier alpha value is -4.86. The van der Waals surface area contributed by atoms with Crippen LogP contribution in [0, 0.1) is 27.7 Å². The van der Waals surface area contributed by atoms with Gasteiger partial charge in [-0.1, -0.05) is 41.4 Å². The maximum absolute atomic E-state index is 14.8. The highest BCUT2D eigenvalue weighted by atomic mass is 35.5. The number of benzene rings is 3. The third kappa shape index (κ3) is 5.58. The van der Waals surface area contributed by atoms with Gasteiger partial charge in [-0.05, 0) is 101 Å². The highest BCUT2D eigenvalue weighted by Crippen LogP contribution is 2.45. The number of hydrogen-bond donors (Lipinski definition) is 1. The number of rotatable bonds is 8. The van der Waals surface area contributed by atoms with E-state index >= 15 is 0 Å². The molecule has 1 unspecified atom stereocenters. The molecule has 0 fully saturated rings. The molecule has 0 saturated carbocycles. The summed E-state index contributed by atoms with van der Waals surface area (Å²) >= 11 is 13.4. The third-order valence-corrected chi connectivity index (χ3v) is 10.7. The SMILES string of the molecule is Cc1cc(OCCCc2c3n(c4c(-c5c(C)nn(C)c5C)c(Cl)ccc24)C(C)CN(c2ccc4ccc(C(=O)O)nc4c2)C3=O)cc(C)c1Cl. The third-order valence-electron chi connectivity index (χ3n) is 9.77. The summed E-state index contributed by atoms with van der Waals surface area (Å²) in [4.78, 5) is 32.6. The molecule has 4 heterocycles. The van der Waals surface area contributed by atoms with Gasteiger partial charge in [-0.2, -0.15) is 5.10 Å². The standard InChI is InChI=1S/C39H37Cl2N5O4/c1-20-16-27(17-21(2)35(20)41)50-15-7-8-28-29-12-13-30(40)34(33-23(4)43-44(6)24(33)5)36(29)46-22(3)19-45(38(47)37(28)46)26-11-9-25-10-14-31(39(48)49)42-32(25)18-26/h9-14,16-18,22H,7-8,15,19H2,1-6H3,(H,48,49). The molecular weight excluding hydrogens is 673 g/mol. The summed E-state index contributed by atoms with van der Waals surface area (Å²) in [5.41, 5.74) is 9.16. The second kappa shape index (κ2) is 12.8. The van der Waals surface area contributed by atoms with Crippen LogP contribution in [0.15, 0.2) is 54.6 Å². The van der Waals surface area contributed by atoms with Crippen LogP contribution >= 0.6 is 23.2 Å². The summed E-state index contributed by atoms with van der Waals surface area (Å²) in [5, 5.41) is 17.3. The molecule has 1 aliphatic rings. The molecule has 50 heavy (non-hydrogen) atoms. The number of nitrogens with zero attached hydrogens (tertiary/aromatic N) is 5. The van der Waals surface area contributed by atoms with Crippen molar-refractivity contribution in [3.8, 4) is 16.9 Å². The number of pyridine rings is 1. The molecule has 256 valence electrons. The second-order valence-electron chi connectivity index (χ2n) is 13.2. The molecule has 0 bridgehead atoms. The Balaban J connectivity index is 1.35. The molecule has 1 atom stereocenters. The molecular formula is C39H37Cl2N5O4. The number of carboxylic acids is 1. The first-order valence-corrected chi connectivity index (χ1v) is 17.3. The van der Waals surface area contributed by atoms with E-state index in [0.717, 1.165) is 66.3 Å². The van der Waals surface area contributed by atoms with E-state index in [1.165, 1.54) is 6.07 Å². The lowest BCUT2D eigenvalue weighted by atomic mass is 9.98. The lowest BCUT2D eigenvalue weighted by Gasteiger charge is -2.34. The van der Waals surface area contributed by atoms with Crippen LogP contribution in [0.5, 0.6) is 5.75 Å². The zero-order chi connectivity index (χ0) is 35.6. The van der Waals surface area contributed by atoms with Gasteiger partial charge in [-0.25, -0.2) is 9.78 Å². The molecule has 7 rings (SSSR count). The maximum atomic E-state index is 14.8. The van der Waals surface area contributed by atoms with Gasteiger partial charge in [0.2, 0.25) is 0 Å². The Bertz CT molecular complexity index is 2350. The van der Waals surface area contributed by atoms with Crippen molar-refractivity contribution >= 4 is 62.6 Å². The Morgan fingerprint density at radius 3 is 2.40 bits per heavy atom. The van der Waals surface area contributed by atoms with Gasteiger partial charge in [0.05, 0.1) is 28.4 Å². The van der Waals surface area contributed by atoms with Crippen LogP contribution in [0.25, 0.3) is 32.9 Å². The van der Waals surface area contributed by atoms with Crippen molar-refractivity contribution in [2.24, 2.45) is 7.05 Å². The van der Waals surface area contributed by atoms with Crippen LogP contribution in [0.2, 0.25) is 10.0 Å². The largest absolute Gasteiger partial charge is 0.494 e. The van der Waals surface area contributed by atoms with Crippen LogP contribution in [0.3, 0.4) is 0 Å². The lowest BCUT2D eigenvalue weighted by Crippen LogP contribution is -2.42. The molecule has 0 aliphatic carbocycles. The molecule has 0 spiro atoms. The Labute approximate surface area is 300 Å². The van der Waals surface area contributed by atoms with E-state index in [1.807, 2.05) is 75.8 Å². The van der Waals surface area contributed by atoms with Crippen molar-refractivity contribution in [3.05, 3.63) is 104 Å². The van der Waals surface area contributed by atoms with E-state index in [-0.39, 0.29) is 17.6 Å². The fourth-order valence-corrected chi connectivity index (χ4v) is 7.70. The monoisotopic (exact) mass is 709 g/mol. The van der Waals surface area contributed by atoms with E-state index < -0.39 is 5.97 Å².